The standard InChI is InChI=1S/C17H24ClFO/c1-11(2)12-7-8-15(18)14(9-12)10-13-5-4-6-16(20-3)17(13)19/h4-6,11-12,14-15H,7-10H2,1-3H3. The average Bonchev–Trinajstić information content (AvgIpc) is 2.43. The molecule has 20 heavy (non-hydrogen) atoms. The van der Waals surface area contributed by atoms with Crippen LogP contribution in [0.1, 0.15) is 38.7 Å². The van der Waals surface area contributed by atoms with Crippen molar-refractivity contribution in [1.82, 2.24) is 0 Å². The van der Waals surface area contributed by atoms with Crippen LogP contribution in [0.4, 0.5) is 4.39 Å². The summed E-state index contributed by atoms with van der Waals surface area (Å²) in [7, 11) is 1.50. The van der Waals surface area contributed by atoms with Gasteiger partial charge in [0, 0.05) is 5.38 Å². The number of halogens is 2. The Kier molecular flexibility index (Phi) is 5.31. The average molecular weight is 299 g/mol. The van der Waals surface area contributed by atoms with E-state index in [0.717, 1.165) is 18.4 Å². The number of benzene rings is 1. The van der Waals surface area contributed by atoms with Gasteiger partial charge in [0.2, 0.25) is 0 Å². The molecular formula is C17H24ClFO. The third-order valence-corrected chi connectivity index (χ3v) is 5.19. The number of hydrogen-bond acceptors (Lipinski definition) is 1. The summed E-state index contributed by atoms with van der Waals surface area (Å²) in [6.45, 7) is 4.53. The molecule has 0 aliphatic heterocycles. The minimum absolute atomic E-state index is 0.163. The minimum Gasteiger partial charge on any atom is -0.494 e. The summed E-state index contributed by atoms with van der Waals surface area (Å²) < 4.78 is 19.3. The Balaban J connectivity index is 2.11. The quantitative estimate of drug-likeness (QED) is 0.706. The molecule has 1 saturated carbocycles. The first-order chi connectivity index (χ1) is 9.52. The van der Waals surface area contributed by atoms with Crippen LogP contribution in [-0.2, 0) is 6.42 Å². The zero-order valence-corrected chi connectivity index (χ0v) is 13.3. The van der Waals surface area contributed by atoms with E-state index in [-0.39, 0.29) is 11.2 Å². The molecule has 3 atom stereocenters. The molecule has 1 aromatic rings. The van der Waals surface area contributed by atoms with Crippen molar-refractivity contribution in [3.63, 3.8) is 0 Å². The van der Waals surface area contributed by atoms with Crippen LogP contribution in [0.3, 0.4) is 0 Å². The molecule has 0 spiro atoms. The van der Waals surface area contributed by atoms with E-state index in [2.05, 4.69) is 13.8 Å². The van der Waals surface area contributed by atoms with E-state index in [1.165, 1.54) is 13.5 Å². The predicted molar refractivity (Wildman–Crippen MR) is 82.0 cm³/mol. The molecule has 112 valence electrons. The largest absolute Gasteiger partial charge is 0.494 e. The Morgan fingerprint density at radius 1 is 1.35 bits per heavy atom. The minimum atomic E-state index is -0.231. The fraction of sp³-hybridized carbons (Fsp3) is 0.647. The lowest BCUT2D eigenvalue weighted by Crippen LogP contribution is -2.29. The van der Waals surface area contributed by atoms with Crippen molar-refractivity contribution in [3.05, 3.63) is 29.6 Å². The molecule has 1 aromatic carbocycles. The lowest BCUT2D eigenvalue weighted by Gasteiger charge is -2.35. The summed E-state index contributed by atoms with van der Waals surface area (Å²) in [5.74, 6) is 1.84. The highest BCUT2D eigenvalue weighted by molar-refractivity contribution is 6.20. The van der Waals surface area contributed by atoms with Crippen LogP contribution in [0.15, 0.2) is 18.2 Å². The van der Waals surface area contributed by atoms with E-state index in [0.29, 0.717) is 29.9 Å². The Labute approximate surface area is 126 Å². The maximum Gasteiger partial charge on any atom is 0.168 e. The fourth-order valence-corrected chi connectivity index (χ4v) is 3.55. The predicted octanol–water partition coefficient (Wildman–Crippen LogP) is 5.06. The topological polar surface area (TPSA) is 9.23 Å². The van der Waals surface area contributed by atoms with Crippen LogP contribution in [0.25, 0.3) is 0 Å². The molecule has 0 heterocycles. The molecule has 1 aliphatic rings. The molecule has 1 nitrogen and oxygen atoms in total. The summed E-state index contributed by atoms with van der Waals surface area (Å²) >= 11 is 6.47. The highest BCUT2D eigenvalue weighted by Gasteiger charge is 2.31. The first-order valence-corrected chi connectivity index (χ1v) is 7.92. The fourth-order valence-electron chi connectivity index (χ4n) is 3.23. The summed E-state index contributed by atoms with van der Waals surface area (Å²) in [5, 5.41) is 0.163. The first kappa shape index (κ1) is 15.6. The normalized spacial score (nSPS) is 26.8. The van der Waals surface area contributed by atoms with E-state index in [1.54, 1.807) is 6.07 Å². The van der Waals surface area contributed by atoms with Crippen LogP contribution in [0.5, 0.6) is 5.75 Å². The lowest BCUT2D eigenvalue weighted by molar-refractivity contribution is 0.217. The third kappa shape index (κ3) is 3.46. The van der Waals surface area contributed by atoms with Crippen molar-refractivity contribution in [2.75, 3.05) is 7.11 Å². The number of ether oxygens (including phenoxy) is 1. The molecule has 0 aromatic heterocycles. The van der Waals surface area contributed by atoms with Gasteiger partial charge in [0.25, 0.3) is 0 Å². The number of alkyl halides is 1. The van der Waals surface area contributed by atoms with Crippen molar-refractivity contribution in [1.29, 1.82) is 0 Å². The van der Waals surface area contributed by atoms with E-state index < -0.39 is 0 Å². The molecular weight excluding hydrogens is 275 g/mol. The number of rotatable bonds is 4. The molecule has 0 bridgehead atoms. The Hall–Kier alpha value is -0.760. The molecule has 2 rings (SSSR count). The van der Waals surface area contributed by atoms with Gasteiger partial charge in [-0.2, -0.15) is 0 Å². The van der Waals surface area contributed by atoms with Crippen LogP contribution in [0, 0.1) is 23.6 Å². The summed E-state index contributed by atoms with van der Waals surface area (Å²) in [6.07, 6.45) is 4.05. The van der Waals surface area contributed by atoms with Gasteiger partial charge in [-0.05, 0) is 55.1 Å². The van der Waals surface area contributed by atoms with Gasteiger partial charge < -0.3 is 4.74 Å². The highest BCUT2D eigenvalue weighted by Crippen LogP contribution is 2.38. The molecule has 0 amide bonds. The monoisotopic (exact) mass is 298 g/mol. The van der Waals surface area contributed by atoms with Gasteiger partial charge in [-0.1, -0.05) is 26.0 Å². The van der Waals surface area contributed by atoms with Gasteiger partial charge in [-0.25, -0.2) is 4.39 Å². The van der Waals surface area contributed by atoms with Crippen molar-refractivity contribution in [2.24, 2.45) is 17.8 Å². The molecule has 0 radical (unpaired) electrons. The Morgan fingerprint density at radius 2 is 2.10 bits per heavy atom. The molecule has 0 saturated heterocycles. The van der Waals surface area contributed by atoms with Crippen molar-refractivity contribution < 1.29 is 9.13 Å². The second-order valence-electron chi connectivity index (χ2n) is 6.23. The molecule has 1 fully saturated rings. The van der Waals surface area contributed by atoms with E-state index >= 15 is 0 Å². The van der Waals surface area contributed by atoms with Gasteiger partial charge in [-0.15, -0.1) is 11.6 Å². The highest BCUT2D eigenvalue weighted by atomic mass is 35.5. The van der Waals surface area contributed by atoms with Gasteiger partial charge in [-0.3, -0.25) is 0 Å². The second-order valence-corrected chi connectivity index (χ2v) is 6.79. The molecule has 3 unspecified atom stereocenters. The Bertz CT molecular complexity index is 447. The first-order valence-electron chi connectivity index (χ1n) is 7.48. The SMILES string of the molecule is COc1cccc(CC2CC(C(C)C)CCC2Cl)c1F. The van der Waals surface area contributed by atoms with Crippen molar-refractivity contribution in [3.8, 4) is 5.75 Å². The van der Waals surface area contributed by atoms with E-state index in [1.807, 2.05) is 12.1 Å². The van der Waals surface area contributed by atoms with Crippen molar-refractivity contribution >= 4 is 11.6 Å². The molecule has 0 N–H and O–H groups in total. The molecule has 3 heteroatoms. The number of hydrogen-bond donors (Lipinski definition) is 0. The Morgan fingerprint density at radius 3 is 2.75 bits per heavy atom. The van der Waals surface area contributed by atoms with Crippen LogP contribution >= 0.6 is 11.6 Å². The summed E-state index contributed by atoms with van der Waals surface area (Å²) in [5.41, 5.74) is 0.726. The van der Waals surface area contributed by atoms with Crippen molar-refractivity contribution in [2.45, 2.75) is 44.9 Å². The lowest BCUT2D eigenvalue weighted by atomic mass is 9.74. The van der Waals surface area contributed by atoms with Gasteiger partial charge in [0.15, 0.2) is 11.6 Å². The summed E-state index contributed by atoms with van der Waals surface area (Å²) in [6, 6.07) is 5.36. The van der Waals surface area contributed by atoms with Gasteiger partial charge in [0.05, 0.1) is 7.11 Å². The smallest absolute Gasteiger partial charge is 0.168 e. The third-order valence-electron chi connectivity index (χ3n) is 4.62. The van der Waals surface area contributed by atoms with Crippen LogP contribution in [0.2, 0.25) is 0 Å². The van der Waals surface area contributed by atoms with E-state index in [4.69, 9.17) is 16.3 Å². The maximum atomic E-state index is 14.2. The maximum absolute atomic E-state index is 14.2. The summed E-state index contributed by atoms with van der Waals surface area (Å²) in [4.78, 5) is 0. The van der Waals surface area contributed by atoms with Gasteiger partial charge in [0.1, 0.15) is 0 Å². The van der Waals surface area contributed by atoms with E-state index in [9.17, 15) is 4.39 Å². The van der Waals surface area contributed by atoms with Crippen LogP contribution < -0.4 is 4.74 Å². The number of methoxy groups -OCH3 is 1. The molecule has 1 aliphatic carbocycles. The zero-order valence-electron chi connectivity index (χ0n) is 12.5. The van der Waals surface area contributed by atoms with Crippen LogP contribution in [-0.4, -0.2) is 12.5 Å². The van der Waals surface area contributed by atoms with Gasteiger partial charge >= 0.3 is 0 Å². The second kappa shape index (κ2) is 6.80. The zero-order chi connectivity index (χ0) is 14.7.